The van der Waals surface area contributed by atoms with Crippen LogP contribution in [0.5, 0.6) is 0 Å². The van der Waals surface area contributed by atoms with E-state index in [0.717, 1.165) is 43.7 Å². The number of benzene rings is 1. The molecule has 1 aromatic carbocycles. The highest BCUT2D eigenvalue weighted by Crippen LogP contribution is 2.14. The monoisotopic (exact) mass is 435 g/mol. The maximum Gasteiger partial charge on any atom is 0.414 e. The molecule has 3 rings (SSSR count). The van der Waals surface area contributed by atoms with E-state index in [9.17, 15) is 0 Å². The van der Waals surface area contributed by atoms with Crippen molar-refractivity contribution in [3.8, 4) is 0 Å². The summed E-state index contributed by atoms with van der Waals surface area (Å²) in [5.41, 5.74) is 2.55. The molecule has 7 nitrogen and oxygen atoms in total. The highest BCUT2D eigenvalue weighted by atomic mass is 79.9. The van der Waals surface area contributed by atoms with Crippen molar-refractivity contribution in [2.75, 3.05) is 26.2 Å². The summed E-state index contributed by atoms with van der Waals surface area (Å²) in [4.78, 5) is 27.6. The number of carboxylic acids is 2. The number of halogens is 1. The third kappa shape index (κ3) is 7.86. The van der Waals surface area contributed by atoms with Crippen molar-refractivity contribution >= 4 is 27.9 Å². The predicted octanol–water partition coefficient (Wildman–Crippen LogP) is 2.32. The number of carbonyl (C=O) groups is 2. The van der Waals surface area contributed by atoms with Crippen LogP contribution in [-0.2, 0) is 22.7 Å². The highest BCUT2D eigenvalue weighted by molar-refractivity contribution is 9.10. The zero-order valence-electron chi connectivity index (χ0n) is 14.8. The molecule has 8 heteroatoms. The van der Waals surface area contributed by atoms with Crippen molar-refractivity contribution in [3.63, 3.8) is 0 Å². The minimum atomic E-state index is -1.82. The first-order chi connectivity index (χ1) is 12.9. The number of carboxylic acid groups (broad SMARTS) is 2. The molecule has 1 aliphatic heterocycles. The number of aromatic nitrogens is 1. The first-order valence-corrected chi connectivity index (χ1v) is 9.28. The van der Waals surface area contributed by atoms with Crippen molar-refractivity contribution in [1.29, 1.82) is 0 Å². The van der Waals surface area contributed by atoms with Crippen LogP contribution in [0.1, 0.15) is 11.3 Å². The minimum Gasteiger partial charge on any atom is -0.473 e. The fourth-order valence-electron chi connectivity index (χ4n) is 2.67. The number of hydrogen-bond donors (Lipinski definition) is 2. The third-order valence-corrected chi connectivity index (χ3v) is 4.61. The van der Waals surface area contributed by atoms with Gasteiger partial charge in [0, 0.05) is 49.9 Å². The summed E-state index contributed by atoms with van der Waals surface area (Å²) in [5.74, 6) is -3.65. The third-order valence-electron chi connectivity index (χ3n) is 4.08. The fourth-order valence-corrected chi connectivity index (χ4v) is 2.94. The number of hydrogen-bond acceptors (Lipinski definition) is 5. The minimum absolute atomic E-state index is 0.965. The van der Waals surface area contributed by atoms with E-state index in [0.29, 0.717) is 0 Å². The van der Waals surface area contributed by atoms with Gasteiger partial charge >= 0.3 is 11.9 Å². The summed E-state index contributed by atoms with van der Waals surface area (Å²) in [5, 5.41) is 14.8. The van der Waals surface area contributed by atoms with Crippen LogP contribution in [0.3, 0.4) is 0 Å². The summed E-state index contributed by atoms with van der Waals surface area (Å²) >= 11 is 3.48. The number of aliphatic carboxylic acids is 2. The van der Waals surface area contributed by atoms with Crippen LogP contribution in [0.25, 0.3) is 0 Å². The molecule has 2 N–H and O–H groups in total. The largest absolute Gasteiger partial charge is 0.473 e. The van der Waals surface area contributed by atoms with Crippen LogP contribution in [0, 0.1) is 0 Å². The maximum atomic E-state index is 9.10. The second-order valence-corrected chi connectivity index (χ2v) is 7.03. The molecule has 0 spiro atoms. The number of rotatable bonds is 4. The summed E-state index contributed by atoms with van der Waals surface area (Å²) in [7, 11) is 0. The van der Waals surface area contributed by atoms with Crippen molar-refractivity contribution < 1.29 is 19.8 Å². The van der Waals surface area contributed by atoms with Gasteiger partial charge in [-0.3, -0.25) is 14.8 Å². The molecule has 0 bridgehead atoms. The van der Waals surface area contributed by atoms with Gasteiger partial charge < -0.3 is 10.2 Å². The second kappa shape index (κ2) is 10.8. The van der Waals surface area contributed by atoms with Gasteiger partial charge in [0.15, 0.2) is 0 Å². The van der Waals surface area contributed by atoms with Gasteiger partial charge in [-0.2, -0.15) is 0 Å². The molecule has 1 aromatic heterocycles. The molecule has 0 atom stereocenters. The Hall–Kier alpha value is -2.29. The van der Waals surface area contributed by atoms with E-state index in [2.05, 4.69) is 67.1 Å². The van der Waals surface area contributed by atoms with Gasteiger partial charge in [-0.15, -0.1) is 0 Å². The zero-order chi connectivity index (χ0) is 19.6. The van der Waals surface area contributed by atoms with Gasteiger partial charge in [0.2, 0.25) is 0 Å². The van der Waals surface area contributed by atoms with Crippen LogP contribution in [0.15, 0.2) is 53.1 Å². The van der Waals surface area contributed by atoms with Gasteiger partial charge in [-0.1, -0.05) is 34.1 Å². The van der Waals surface area contributed by atoms with Crippen molar-refractivity contribution in [2.24, 2.45) is 0 Å². The molecular weight excluding hydrogens is 414 g/mol. The lowest BCUT2D eigenvalue weighted by molar-refractivity contribution is -0.159. The van der Waals surface area contributed by atoms with Crippen molar-refractivity contribution in [2.45, 2.75) is 13.1 Å². The number of pyridine rings is 1. The SMILES string of the molecule is Brc1ccc(CN2CCN(Cc3ccccn3)CC2)cc1.O=C(O)C(=O)O. The van der Waals surface area contributed by atoms with Crippen molar-refractivity contribution in [1.82, 2.24) is 14.8 Å². The number of piperazine rings is 1. The Morgan fingerprint density at radius 1 is 0.889 bits per heavy atom. The Kier molecular flexibility index (Phi) is 8.38. The summed E-state index contributed by atoms with van der Waals surface area (Å²) in [6.45, 7) is 6.50. The van der Waals surface area contributed by atoms with Gasteiger partial charge in [-0.25, -0.2) is 9.59 Å². The van der Waals surface area contributed by atoms with Crippen molar-refractivity contribution in [3.05, 3.63) is 64.4 Å². The molecule has 1 aliphatic rings. The van der Waals surface area contributed by atoms with E-state index in [1.165, 1.54) is 11.3 Å². The van der Waals surface area contributed by atoms with Gasteiger partial charge in [0.05, 0.1) is 5.69 Å². The van der Waals surface area contributed by atoms with Crippen LogP contribution in [0.2, 0.25) is 0 Å². The molecule has 0 aliphatic carbocycles. The molecule has 0 radical (unpaired) electrons. The van der Waals surface area contributed by atoms with Crippen LogP contribution >= 0.6 is 15.9 Å². The van der Waals surface area contributed by atoms with Gasteiger partial charge in [0.25, 0.3) is 0 Å². The zero-order valence-corrected chi connectivity index (χ0v) is 16.4. The molecule has 0 amide bonds. The smallest absolute Gasteiger partial charge is 0.414 e. The summed E-state index contributed by atoms with van der Waals surface area (Å²) in [6, 6.07) is 14.8. The van der Waals surface area contributed by atoms with E-state index >= 15 is 0 Å². The van der Waals surface area contributed by atoms with E-state index < -0.39 is 11.9 Å². The first kappa shape index (κ1) is 21.0. The molecule has 0 saturated carbocycles. The summed E-state index contributed by atoms with van der Waals surface area (Å²) < 4.78 is 1.14. The van der Waals surface area contributed by atoms with Crippen LogP contribution < -0.4 is 0 Å². The molecule has 1 fully saturated rings. The Labute approximate surface area is 166 Å². The number of nitrogens with zero attached hydrogens (tertiary/aromatic N) is 3. The Bertz CT molecular complexity index is 720. The molecule has 2 aromatic rings. The van der Waals surface area contributed by atoms with E-state index in [4.69, 9.17) is 19.8 Å². The molecular formula is C19H22BrN3O4. The van der Waals surface area contributed by atoms with E-state index in [1.807, 2.05) is 12.3 Å². The van der Waals surface area contributed by atoms with Gasteiger partial charge in [0.1, 0.15) is 0 Å². The standard InChI is InChI=1S/C17H20BrN3.C2H2O4/c18-16-6-4-15(5-7-16)13-20-9-11-21(12-10-20)14-17-3-1-2-8-19-17;3-1(4)2(5)6/h1-8H,9-14H2;(H,3,4)(H,5,6). The van der Waals surface area contributed by atoms with Crippen LogP contribution in [0.4, 0.5) is 0 Å². The molecule has 27 heavy (non-hydrogen) atoms. The van der Waals surface area contributed by atoms with Crippen LogP contribution in [-0.4, -0.2) is 63.1 Å². The molecule has 1 saturated heterocycles. The van der Waals surface area contributed by atoms with Gasteiger partial charge in [-0.05, 0) is 29.8 Å². The average molecular weight is 436 g/mol. The lowest BCUT2D eigenvalue weighted by atomic mass is 10.2. The van der Waals surface area contributed by atoms with E-state index in [1.54, 1.807) is 0 Å². The Morgan fingerprint density at radius 3 is 1.93 bits per heavy atom. The van der Waals surface area contributed by atoms with E-state index in [-0.39, 0.29) is 0 Å². The first-order valence-electron chi connectivity index (χ1n) is 8.49. The Balaban J connectivity index is 0.000000380. The molecule has 2 heterocycles. The Morgan fingerprint density at radius 2 is 1.44 bits per heavy atom. The topological polar surface area (TPSA) is 94.0 Å². The normalized spacial score (nSPS) is 14.9. The second-order valence-electron chi connectivity index (χ2n) is 6.11. The summed E-state index contributed by atoms with van der Waals surface area (Å²) in [6.07, 6.45) is 1.87. The highest BCUT2D eigenvalue weighted by Gasteiger charge is 2.17. The fraction of sp³-hybridized carbons (Fsp3) is 0.316. The quantitative estimate of drug-likeness (QED) is 0.711. The average Bonchev–Trinajstić information content (AvgIpc) is 2.66. The lowest BCUT2D eigenvalue weighted by Gasteiger charge is -2.34. The lowest BCUT2D eigenvalue weighted by Crippen LogP contribution is -2.45. The molecule has 144 valence electrons. The molecule has 0 unspecified atom stereocenters. The predicted molar refractivity (Wildman–Crippen MR) is 104 cm³/mol. The maximum absolute atomic E-state index is 9.10.